The van der Waals surface area contributed by atoms with Crippen LogP contribution in [0.5, 0.6) is 5.75 Å². The third-order valence-electron chi connectivity index (χ3n) is 3.77. The number of nitrogens with one attached hydrogen (secondary N) is 2. The van der Waals surface area contributed by atoms with E-state index in [4.69, 9.17) is 0 Å². The normalized spacial score (nSPS) is 13.9. The van der Waals surface area contributed by atoms with Crippen molar-refractivity contribution >= 4 is 17.4 Å². The largest absolute Gasteiger partial charge is 0.439 e. The minimum Gasteiger partial charge on any atom is -0.430 e. The Morgan fingerprint density at radius 3 is 1.71 bits per heavy atom. The van der Waals surface area contributed by atoms with Crippen molar-refractivity contribution < 1.29 is 62.2 Å². The van der Waals surface area contributed by atoms with Gasteiger partial charge >= 0.3 is 30.7 Å². The molecule has 0 radical (unpaired) electrons. The Morgan fingerprint density at radius 1 is 0.735 bits per heavy atom. The van der Waals surface area contributed by atoms with Gasteiger partial charge in [0.1, 0.15) is 5.75 Å². The van der Waals surface area contributed by atoms with Gasteiger partial charge in [-0.1, -0.05) is 6.07 Å². The number of alkyl halides is 12. The molecule has 0 saturated heterocycles. The number of rotatable bonds is 5. The number of carbonyl (C=O) groups is 1. The number of urea groups is 1. The molecular formula is C18H10F12N2O2. The van der Waals surface area contributed by atoms with Crippen molar-refractivity contribution in [2.24, 2.45) is 0 Å². The Labute approximate surface area is 181 Å². The number of hydrogen-bond acceptors (Lipinski definition) is 2. The summed E-state index contributed by atoms with van der Waals surface area (Å²) >= 11 is 0. The van der Waals surface area contributed by atoms with Crippen LogP contribution in [0.1, 0.15) is 11.1 Å². The third-order valence-corrected chi connectivity index (χ3v) is 3.77. The zero-order valence-corrected chi connectivity index (χ0v) is 16.0. The van der Waals surface area contributed by atoms with Gasteiger partial charge in [0, 0.05) is 17.4 Å². The summed E-state index contributed by atoms with van der Waals surface area (Å²) in [6.45, 7) is 0. The summed E-state index contributed by atoms with van der Waals surface area (Å²) in [4.78, 5) is 12.0. The highest BCUT2D eigenvalue weighted by Gasteiger charge is 2.59. The Morgan fingerprint density at radius 2 is 1.24 bits per heavy atom. The van der Waals surface area contributed by atoms with Crippen LogP contribution in [0.15, 0.2) is 42.5 Å². The van der Waals surface area contributed by atoms with Crippen LogP contribution in [0.25, 0.3) is 0 Å². The molecular weight excluding hydrogens is 504 g/mol. The zero-order valence-electron chi connectivity index (χ0n) is 16.0. The van der Waals surface area contributed by atoms with Crippen molar-refractivity contribution in [2.75, 3.05) is 10.6 Å². The lowest BCUT2D eigenvalue weighted by molar-refractivity contribution is -0.304. The second-order valence-electron chi connectivity index (χ2n) is 6.47. The molecule has 188 valence electrons. The van der Waals surface area contributed by atoms with Gasteiger partial charge in [0.25, 0.3) is 6.17 Å². The molecule has 0 aromatic heterocycles. The minimum atomic E-state index is -5.96. The van der Waals surface area contributed by atoms with Crippen molar-refractivity contribution in [3.63, 3.8) is 0 Å². The van der Waals surface area contributed by atoms with Crippen molar-refractivity contribution in [2.45, 2.75) is 30.8 Å². The van der Waals surface area contributed by atoms with Gasteiger partial charge in [-0.05, 0) is 30.3 Å². The van der Waals surface area contributed by atoms with Crippen LogP contribution in [0.2, 0.25) is 0 Å². The van der Waals surface area contributed by atoms with E-state index in [2.05, 4.69) is 4.74 Å². The molecule has 2 aromatic carbocycles. The van der Waals surface area contributed by atoms with E-state index in [0.717, 1.165) is 12.1 Å². The van der Waals surface area contributed by atoms with E-state index >= 15 is 0 Å². The fraction of sp³-hybridized carbons (Fsp3) is 0.278. The van der Waals surface area contributed by atoms with Crippen LogP contribution in [-0.4, -0.2) is 24.5 Å². The average Bonchev–Trinajstić information content (AvgIpc) is 2.64. The molecule has 2 aromatic rings. The SMILES string of the molecule is O=C(Nc1cccc(OC(F)(F)C(F)C(F)(F)F)c1)Nc1cc(C(F)(F)F)cc(C(F)(F)F)c1. The number of anilines is 2. The number of halogens is 12. The molecule has 0 aliphatic heterocycles. The van der Waals surface area contributed by atoms with Gasteiger partial charge in [0.05, 0.1) is 11.1 Å². The van der Waals surface area contributed by atoms with Crippen LogP contribution in [0.4, 0.5) is 68.9 Å². The van der Waals surface area contributed by atoms with Gasteiger partial charge < -0.3 is 15.4 Å². The lowest BCUT2D eigenvalue weighted by atomic mass is 10.1. The molecule has 0 aliphatic rings. The molecule has 16 heteroatoms. The average molecular weight is 514 g/mol. The summed E-state index contributed by atoms with van der Waals surface area (Å²) in [5.41, 5.74) is -4.90. The Bertz CT molecular complexity index is 999. The van der Waals surface area contributed by atoms with E-state index < -0.39 is 65.1 Å². The fourth-order valence-corrected chi connectivity index (χ4v) is 2.36. The third kappa shape index (κ3) is 7.08. The second-order valence-corrected chi connectivity index (χ2v) is 6.47. The Hall–Kier alpha value is -3.33. The van der Waals surface area contributed by atoms with E-state index in [1.807, 2.05) is 5.32 Å². The Kier molecular flexibility index (Phi) is 7.23. The molecule has 0 aliphatic carbocycles. The zero-order chi connectivity index (χ0) is 26.1. The van der Waals surface area contributed by atoms with Crippen molar-refractivity contribution in [3.8, 4) is 5.75 Å². The first-order valence-electron chi connectivity index (χ1n) is 8.54. The number of ether oxygens (including phenoxy) is 1. The van der Waals surface area contributed by atoms with E-state index in [1.54, 1.807) is 5.32 Å². The number of amides is 2. The first kappa shape index (κ1) is 26.9. The van der Waals surface area contributed by atoms with Gasteiger partial charge in [-0.3, -0.25) is 0 Å². The molecule has 4 nitrogen and oxygen atoms in total. The molecule has 2 N–H and O–H groups in total. The summed E-state index contributed by atoms with van der Waals surface area (Å²) < 4.78 is 157. The molecule has 0 bridgehead atoms. The lowest BCUT2D eigenvalue weighted by Gasteiger charge is -2.23. The molecule has 0 fully saturated rings. The topological polar surface area (TPSA) is 50.4 Å². The highest BCUT2D eigenvalue weighted by molar-refractivity contribution is 6.00. The summed E-state index contributed by atoms with van der Waals surface area (Å²) in [7, 11) is 0. The highest BCUT2D eigenvalue weighted by Crippen LogP contribution is 2.38. The standard InChI is InChI=1S/C18H10F12N2O2/c19-13(17(26,27)28)18(29,30)34-12-3-1-2-10(7-12)31-14(33)32-11-5-8(15(20,21)22)4-9(6-11)16(23,24)25/h1-7,13H,(H2,31,32,33). The maximum Gasteiger partial charge on any atom is 0.439 e. The first-order valence-corrected chi connectivity index (χ1v) is 8.54. The molecule has 0 saturated carbocycles. The quantitative estimate of drug-likeness (QED) is 0.414. The van der Waals surface area contributed by atoms with Crippen molar-refractivity contribution in [1.82, 2.24) is 0 Å². The maximum absolute atomic E-state index is 13.3. The summed E-state index contributed by atoms with van der Waals surface area (Å²) in [6, 6.07) is 1.73. The molecule has 2 amide bonds. The van der Waals surface area contributed by atoms with Gasteiger partial charge in [-0.15, -0.1) is 0 Å². The van der Waals surface area contributed by atoms with Gasteiger partial charge in [-0.2, -0.15) is 48.3 Å². The molecule has 0 spiro atoms. The van der Waals surface area contributed by atoms with Gasteiger partial charge in [0.2, 0.25) is 0 Å². The number of benzene rings is 2. The smallest absolute Gasteiger partial charge is 0.430 e. The van der Waals surface area contributed by atoms with Crippen molar-refractivity contribution in [3.05, 3.63) is 53.6 Å². The molecule has 2 rings (SSSR count). The maximum atomic E-state index is 13.3. The fourth-order valence-electron chi connectivity index (χ4n) is 2.36. The number of carbonyl (C=O) groups excluding carboxylic acids is 1. The van der Waals surface area contributed by atoms with E-state index in [9.17, 15) is 57.5 Å². The lowest BCUT2D eigenvalue weighted by Crippen LogP contribution is -2.45. The molecule has 34 heavy (non-hydrogen) atoms. The van der Waals surface area contributed by atoms with Gasteiger partial charge in [0.15, 0.2) is 0 Å². The van der Waals surface area contributed by atoms with E-state index in [1.165, 1.54) is 0 Å². The molecule has 0 heterocycles. The monoisotopic (exact) mass is 514 g/mol. The van der Waals surface area contributed by atoms with Crippen LogP contribution in [0.3, 0.4) is 0 Å². The van der Waals surface area contributed by atoms with Crippen LogP contribution in [0, 0.1) is 0 Å². The van der Waals surface area contributed by atoms with E-state index in [0.29, 0.717) is 12.1 Å². The second kappa shape index (κ2) is 9.13. The predicted molar refractivity (Wildman–Crippen MR) is 92.1 cm³/mol. The van der Waals surface area contributed by atoms with Crippen LogP contribution >= 0.6 is 0 Å². The first-order chi connectivity index (χ1) is 15.3. The van der Waals surface area contributed by atoms with Crippen molar-refractivity contribution in [1.29, 1.82) is 0 Å². The van der Waals surface area contributed by atoms with E-state index in [-0.39, 0.29) is 18.2 Å². The van der Waals surface area contributed by atoms with Crippen LogP contribution < -0.4 is 15.4 Å². The molecule has 1 unspecified atom stereocenters. The summed E-state index contributed by atoms with van der Waals surface area (Å²) in [5, 5.41) is 3.51. The predicted octanol–water partition coefficient (Wildman–Crippen LogP) is 7.24. The van der Waals surface area contributed by atoms with Crippen LogP contribution in [-0.2, 0) is 12.4 Å². The Balaban J connectivity index is 2.20. The molecule has 1 atom stereocenters. The summed E-state index contributed by atoms with van der Waals surface area (Å²) in [6.07, 6.45) is -26.4. The highest BCUT2D eigenvalue weighted by atomic mass is 19.4. The summed E-state index contributed by atoms with van der Waals surface area (Å²) in [5.74, 6) is -1.05. The van der Waals surface area contributed by atoms with Gasteiger partial charge in [-0.25, -0.2) is 9.18 Å². The number of hydrogen-bond donors (Lipinski definition) is 2. The minimum absolute atomic E-state index is 0.188.